The standard InChI is InChI=1S/C18H32O3/c1-2-3-4-5-6-7-8-9-10-11-12-17(20)18-14-13-16(15-19)21-18/h13-14,17,19-20H,2-12,15H2,1H3/p+2. The van der Waals surface area contributed by atoms with Crippen molar-refractivity contribution in [1.29, 1.82) is 0 Å². The van der Waals surface area contributed by atoms with Crippen LogP contribution in [0, 0.1) is 0 Å². The van der Waals surface area contributed by atoms with Gasteiger partial charge in [0.15, 0.2) is 0 Å². The van der Waals surface area contributed by atoms with Gasteiger partial charge in [-0.25, -0.2) is 0 Å². The van der Waals surface area contributed by atoms with Gasteiger partial charge in [0.1, 0.15) is 6.61 Å². The molecule has 1 heterocycles. The highest BCUT2D eigenvalue weighted by atomic mass is 16.4. The van der Waals surface area contributed by atoms with Gasteiger partial charge < -0.3 is 14.6 Å². The summed E-state index contributed by atoms with van der Waals surface area (Å²) in [6, 6.07) is 3.69. The summed E-state index contributed by atoms with van der Waals surface area (Å²) < 4.78 is 4.26. The third-order valence-electron chi connectivity index (χ3n) is 4.08. The van der Waals surface area contributed by atoms with Gasteiger partial charge in [-0.15, -0.1) is 0 Å². The Hall–Kier alpha value is -0.800. The van der Waals surface area contributed by atoms with E-state index < -0.39 is 0 Å². The van der Waals surface area contributed by atoms with E-state index in [0.29, 0.717) is 5.76 Å². The zero-order valence-corrected chi connectivity index (χ0v) is 13.6. The number of rotatable bonds is 13. The fourth-order valence-corrected chi connectivity index (χ4v) is 2.69. The van der Waals surface area contributed by atoms with Crippen LogP contribution in [0.4, 0.5) is 0 Å². The van der Waals surface area contributed by atoms with Crippen LogP contribution in [0.2, 0.25) is 0 Å². The van der Waals surface area contributed by atoms with E-state index in [-0.39, 0.29) is 12.7 Å². The molecule has 0 aliphatic carbocycles. The van der Waals surface area contributed by atoms with Crippen molar-refractivity contribution in [3.8, 4) is 0 Å². The molecule has 1 unspecified atom stereocenters. The Bertz CT molecular complexity index is 346. The van der Waals surface area contributed by atoms with E-state index in [9.17, 15) is 0 Å². The first-order valence-corrected chi connectivity index (χ1v) is 8.72. The molecule has 0 saturated heterocycles. The molecule has 1 rings (SSSR count). The summed E-state index contributed by atoms with van der Waals surface area (Å²) in [5.41, 5.74) is 0. The molecule has 3 nitrogen and oxygen atoms in total. The van der Waals surface area contributed by atoms with Gasteiger partial charge in [0.2, 0.25) is 0 Å². The Labute approximate surface area is 129 Å². The molecule has 3 heteroatoms. The molecule has 4 N–H and O–H groups in total. The Balaban J connectivity index is 1.94. The van der Waals surface area contributed by atoms with Crippen LogP contribution >= 0.6 is 0 Å². The minimum atomic E-state index is -0.223. The van der Waals surface area contributed by atoms with Crippen molar-refractivity contribution in [2.24, 2.45) is 0 Å². The molecule has 0 aliphatic rings. The van der Waals surface area contributed by atoms with Crippen LogP contribution in [0.5, 0.6) is 0 Å². The third kappa shape index (κ3) is 8.27. The first kappa shape index (κ1) is 18.2. The van der Waals surface area contributed by atoms with Gasteiger partial charge in [-0.3, -0.25) is 0 Å². The van der Waals surface area contributed by atoms with Crippen LogP contribution < -0.4 is 0 Å². The highest BCUT2D eigenvalue weighted by Crippen LogP contribution is 2.22. The zero-order chi connectivity index (χ0) is 15.3. The maximum atomic E-state index is 8.97. The van der Waals surface area contributed by atoms with Gasteiger partial charge >= 0.3 is 5.76 Å². The topological polar surface area (TPSA) is 55.9 Å². The SMILES string of the molecule is CCCCCCCCCCCCC([OH2+])c1ccc(CO)[oH+]1. The molecule has 0 aliphatic heterocycles. The van der Waals surface area contributed by atoms with E-state index in [0.717, 1.165) is 18.6 Å². The summed E-state index contributed by atoms with van der Waals surface area (Å²) in [5.74, 6) is 1.50. The fourth-order valence-electron chi connectivity index (χ4n) is 2.69. The van der Waals surface area contributed by atoms with Crippen molar-refractivity contribution in [3.05, 3.63) is 23.7 Å². The molecule has 0 aromatic carbocycles. The van der Waals surface area contributed by atoms with Gasteiger partial charge in [-0.2, -0.15) is 0 Å². The van der Waals surface area contributed by atoms with Gasteiger partial charge in [0.05, 0.1) is 0 Å². The zero-order valence-electron chi connectivity index (χ0n) is 13.6. The minimum absolute atomic E-state index is 0.0228. The summed E-state index contributed by atoms with van der Waals surface area (Å²) in [6.45, 7) is 2.24. The van der Waals surface area contributed by atoms with E-state index in [4.69, 9.17) is 10.2 Å². The van der Waals surface area contributed by atoms with Gasteiger partial charge in [-0.05, 0) is 6.42 Å². The summed E-state index contributed by atoms with van der Waals surface area (Å²) in [6.07, 6.45) is 13.9. The third-order valence-corrected chi connectivity index (χ3v) is 4.08. The molecule has 1 atom stereocenters. The van der Waals surface area contributed by atoms with E-state index >= 15 is 0 Å². The van der Waals surface area contributed by atoms with E-state index in [1.807, 2.05) is 12.1 Å². The Morgan fingerprint density at radius 2 is 1.52 bits per heavy atom. The van der Waals surface area contributed by atoms with Crippen LogP contribution in [-0.4, -0.2) is 10.2 Å². The van der Waals surface area contributed by atoms with Crippen LogP contribution in [-0.2, 0) is 6.61 Å². The van der Waals surface area contributed by atoms with Gasteiger partial charge in [0, 0.05) is 18.6 Å². The maximum Gasteiger partial charge on any atom is 0.317 e. The molecule has 1 aromatic rings. The molecule has 0 fully saturated rings. The lowest BCUT2D eigenvalue weighted by atomic mass is 10.0. The lowest BCUT2D eigenvalue weighted by Crippen LogP contribution is -1.95. The van der Waals surface area contributed by atoms with Crippen LogP contribution in [0.3, 0.4) is 0 Å². The second-order valence-corrected chi connectivity index (χ2v) is 6.04. The van der Waals surface area contributed by atoms with Crippen molar-refractivity contribution in [2.45, 2.75) is 90.3 Å². The molecule has 0 amide bonds. The number of hydrogen-bond acceptors (Lipinski definition) is 1. The monoisotopic (exact) mass is 298 g/mol. The molecule has 1 aromatic heterocycles. The second-order valence-electron chi connectivity index (χ2n) is 6.04. The van der Waals surface area contributed by atoms with Crippen molar-refractivity contribution >= 4 is 0 Å². The molecular weight excluding hydrogens is 264 g/mol. The molecule has 21 heavy (non-hydrogen) atoms. The van der Waals surface area contributed by atoms with E-state index in [2.05, 4.69) is 11.3 Å². The quantitative estimate of drug-likeness (QED) is 0.406. The predicted molar refractivity (Wildman–Crippen MR) is 88.6 cm³/mol. The minimum Gasteiger partial charge on any atom is -0.545 e. The lowest BCUT2D eigenvalue weighted by Gasteiger charge is -2.03. The van der Waals surface area contributed by atoms with Crippen molar-refractivity contribution in [2.75, 3.05) is 0 Å². The van der Waals surface area contributed by atoms with Crippen LogP contribution in [0.25, 0.3) is 0 Å². The Morgan fingerprint density at radius 3 is 2.05 bits per heavy atom. The van der Waals surface area contributed by atoms with E-state index in [1.165, 1.54) is 57.8 Å². The highest BCUT2D eigenvalue weighted by molar-refractivity contribution is 5.08. The number of hydrogen-bond donors (Lipinski definition) is 1. The molecule has 0 radical (unpaired) electrons. The number of aliphatic hydroxyl groups is 1. The molecule has 0 bridgehead atoms. The average molecular weight is 298 g/mol. The molecule has 122 valence electrons. The van der Waals surface area contributed by atoms with Crippen LogP contribution in [0.1, 0.15) is 95.2 Å². The normalized spacial score (nSPS) is 12.7. The van der Waals surface area contributed by atoms with Gasteiger partial charge in [0.25, 0.3) is 11.9 Å². The summed E-state index contributed by atoms with van der Waals surface area (Å²) in [7, 11) is 0. The molecule has 0 spiro atoms. The fraction of sp³-hybridized carbons (Fsp3) is 0.778. The highest BCUT2D eigenvalue weighted by Gasteiger charge is 2.21. The Kier molecular flexibility index (Phi) is 10.3. The smallest absolute Gasteiger partial charge is 0.317 e. The Morgan fingerprint density at radius 1 is 0.952 bits per heavy atom. The molecule has 0 saturated carbocycles. The second kappa shape index (κ2) is 11.8. The largest absolute Gasteiger partial charge is 0.545 e. The average Bonchev–Trinajstić information content (AvgIpc) is 2.98. The lowest BCUT2D eigenvalue weighted by molar-refractivity contribution is 0.130. The predicted octanol–water partition coefficient (Wildman–Crippen LogP) is 4.96. The van der Waals surface area contributed by atoms with Crippen molar-refractivity contribution < 1.29 is 14.6 Å². The first-order chi connectivity index (χ1) is 10.3. The van der Waals surface area contributed by atoms with Crippen molar-refractivity contribution in [1.82, 2.24) is 0 Å². The molecular formula is C18H34O3+2. The van der Waals surface area contributed by atoms with E-state index in [1.54, 1.807) is 0 Å². The number of unbranched alkanes of at least 4 members (excludes halogenated alkanes) is 9. The summed E-state index contributed by atoms with van der Waals surface area (Å²) >= 11 is 0. The summed E-state index contributed by atoms with van der Waals surface area (Å²) in [5, 5.41) is 17.0. The number of furan rings is 1. The van der Waals surface area contributed by atoms with Crippen molar-refractivity contribution in [3.63, 3.8) is 0 Å². The number of aliphatic hydroxyl groups excluding tert-OH is 1. The van der Waals surface area contributed by atoms with Crippen LogP contribution in [0.15, 0.2) is 16.5 Å². The maximum absolute atomic E-state index is 8.97. The van der Waals surface area contributed by atoms with Gasteiger partial charge in [-0.1, -0.05) is 64.7 Å². The summed E-state index contributed by atoms with van der Waals surface area (Å²) in [4.78, 5) is 0. The first-order valence-electron chi connectivity index (χ1n) is 8.72.